The van der Waals surface area contributed by atoms with Crippen molar-refractivity contribution in [1.82, 2.24) is 9.88 Å². The van der Waals surface area contributed by atoms with Crippen LogP contribution in [0.25, 0.3) is 0 Å². The minimum Gasteiger partial charge on any atom is -0.395 e. The Morgan fingerprint density at radius 3 is 2.55 bits per heavy atom. The first-order chi connectivity index (χ1) is 9.69. The molecule has 0 aliphatic heterocycles. The van der Waals surface area contributed by atoms with Crippen molar-refractivity contribution < 1.29 is 5.11 Å². The highest BCUT2D eigenvalue weighted by atomic mass is 32.1. The Morgan fingerprint density at radius 2 is 1.95 bits per heavy atom. The van der Waals surface area contributed by atoms with Crippen molar-refractivity contribution in [2.75, 3.05) is 13.2 Å². The van der Waals surface area contributed by atoms with Gasteiger partial charge >= 0.3 is 0 Å². The van der Waals surface area contributed by atoms with E-state index in [-0.39, 0.29) is 6.61 Å². The number of hydrogen-bond acceptors (Lipinski definition) is 4. The SMILES string of the molecule is CC(C)c1ncc(CN(CCO)Cc2ccccc2)s1. The molecule has 0 bridgehead atoms. The summed E-state index contributed by atoms with van der Waals surface area (Å²) in [6.07, 6.45) is 1.97. The highest BCUT2D eigenvalue weighted by Crippen LogP contribution is 2.22. The van der Waals surface area contributed by atoms with Crippen LogP contribution in [0.3, 0.4) is 0 Å². The van der Waals surface area contributed by atoms with E-state index >= 15 is 0 Å². The van der Waals surface area contributed by atoms with E-state index in [1.807, 2.05) is 12.3 Å². The summed E-state index contributed by atoms with van der Waals surface area (Å²) in [5, 5.41) is 10.4. The van der Waals surface area contributed by atoms with Crippen molar-refractivity contribution in [1.29, 1.82) is 0 Å². The average molecular weight is 290 g/mol. The summed E-state index contributed by atoms with van der Waals surface area (Å²) in [4.78, 5) is 7.98. The Balaban J connectivity index is 2.01. The van der Waals surface area contributed by atoms with Crippen LogP contribution in [0.1, 0.15) is 35.2 Å². The Hall–Kier alpha value is -1.23. The molecule has 108 valence electrons. The maximum atomic E-state index is 9.23. The molecule has 0 saturated heterocycles. The maximum Gasteiger partial charge on any atom is 0.0953 e. The lowest BCUT2D eigenvalue weighted by Crippen LogP contribution is -2.25. The molecule has 0 spiro atoms. The summed E-state index contributed by atoms with van der Waals surface area (Å²) in [5.41, 5.74) is 1.27. The molecule has 0 fully saturated rings. The normalized spacial score (nSPS) is 11.4. The van der Waals surface area contributed by atoms with E-state index in [0.717, 1.165) is 13.1 Å². The first kappa shape index (κ1) is 15.2. The maximum absolute atomic E-state index is 9.23. The molecular weight excluding hydrogens is 268 g/mol. The fourth-order valence-electron chi connectivity index (χ4n) is 2.08. The van der Waals surface area contributed by atoms with Crippen LogP contribution >= 0.6 is 11.3 Å². The van der Waals surface area contributed by atoms with Gasteiger partial charge in [-0.05, 0) is 5.56 Å². The van der Waals surface area contributed by atoms with Gasteiger partial charge in [-0.3, -0.25) is 4.90 Å². The van der Waals surface area contributed by atoms with Crippen molar-refractivity contribution in [3.63, 3.8) is 0 Å². The second-order valence-corrected chi connectivity index (χ2v) is 6.39. The number of benzene rings is 1. The van der Waals surface area contributed by atoms with Crippen LogP contribution in [0, 0.1) is 0 Å². The molecule has 0 saturated carbocycles. The number of aliphatic hydroxyl groups is 1. The van der Waals surface area contributed by atoms with Gasteiger partial charge in [-0.25, -0.2) is 4.98 Å². The molecule has 1 aromatic carbocycles. The number of thiazole rings is 1. The molecule has 0 unspecified atom stereocenters. The highest BCUT2D eigenvalue weighted by Gasteiger charge is 2.10. The van der Waals surface area contributed by atoms with Crippen LogP contribution in [0.5, 0.6) is 0 Å². The van der Waals surface area contributed by atoms with Gasteiger partial charge < -0.3 is 5.11 Å². The third-order valence-corrected chi connectivity index (χ3v) is 4.39. The summed E-state index contributed by atoms with van der Waals surface area (Å²) in [6.45, 7) is 6.90. The Kier molecular flexibility index (Phi) is 5.71. The third-order valence-electron chi connectivity index (χ3n) is 3.11. The summed E-state index contributed by atoms with van der Waals surface area (Å²) in [6, 6.07) is 10.4. The van der Waals surface area contributed by atoms with E-state index < -0.39 is 0 Å². The van der Waals surface area contributed by atoms with Crippen molar-refractivity contribution >= 4 is 11.3 Å². The Bertz CT molecular complexity index is 510. The molecule has 4 heteroatoms. The van der Waals surface area contributed by atoms with Gasteiger partial charge in [-0.2, -0.15) is 0 Å². The topological polar surface area (TPSA) is 36.4 Å². The van der Waals surface area contributed by atoms with E-state index in [2.05, 4.69) is 48.0 Å². The molecule has 1 N–H and O–H groups in total. The summed E-state index contributed by atoms with van der Waals surface area (Å²) in [5.74, 6) is 0.481. The summed E-state index contributed by atoms with van der Waals surface area (Å²) < 4.78 is 0. The lowest BCUT2D eigenvalue weighted by atomic mass is 10.2. The van der Waals surface area contributed by atoms with Crippen molar-refractivity contribution in [2.45, 2.75) is 32.9 Å². The standard InChI is InChI=1S/C16H22N2OS/c1-13(2)16-17-10-15(20-16)12-18(8-9-19)11-14-6-4-3-5-7-14/h3-7,10,13,19H,8-9,11-12H2,1-2H3. The number of rotatable bonds is 7. The lowest BCUT2D eigenvalue weighted by Gasteiger charge is -2.20. The Labute approximate surface area is 124 Å². The molecule has 2 aromatic rings. The molecular formula is C16H22N2OS. The zero-order chi connectivity index (χ0) is 14.4. The van der Waals surface area contributed by atoms with E-state index in [9.17, 15) is 5.11 Å². The zero-order valence-electron chi connectivity index (χ0n) is 12.1. The fraction of sp³-hybridized carbons (Fsp3) is 0.438. The van der Waals surface area contributed by atoms with Gasteiger partial charge in [0.25, 0.3) is 0 Å². The quantitative estimate of drug-likeness (QED) is 0.850. The number of aliphatic hydroxyl groups excluding tert-OH is 1. The fourth-order valence-corrected chi connectivity index (χ4v) is 3.04. The van der Waals surface area contributed by atoms with E-state index in [4.69, 9.17) is 0 Å². The van der Waals surface area contributed by atoms with Gasteiger partial charge in [-0.1, -0.05) is 44.2 Å². The monoisotopic (exact) mass is 290 g/mol. The van der Waals surface area contributed by atoms with Crippen LogP contribution in [-0.2, 0) is 13.1 Å². The summed E-state index contributed by atoms with van der Waals surface area (Å²) in [7, 11) is 0. The van der Waals surface area contributed by atoms with Gasteiger partial charge in [0, 0.05) is 36.6 Å². The van der Waals surface area contributed by atoms with Gasteiger partial charge in [-0.15, -0.1) is 11.3 Å². The minimum atomic E-state index is 0.183. The first-order valence-corrected chi connectivity index (χ1v) is 7.82. The van der Waals surface area contributed by atoms with E-state index in [1.54, 1.807) is 11.3 Å². The largest absolute Gasteiger partial charge is 0.395 e. The average Bonchev–Trinajstić information content (AvgIpc) is 2.89. The van der Waals surface area contributed by atoms with Crippen molar-refractivity contribution in [3.05, 3.63) is 52.0 Å². The predicted octanol–water partition coefficient (Wildman–Crippen LogP) is 3.26. The van der Waals surface area contributed by atoms with Crippen molar-refractivity contribution in [2.24, 2.45) is 0 Å². The third kappa shape index (κ3) is 4.40. The molecule has 0 radical (unpaired) electrons. The van der Waals surface area contributed by atoms with Crippen LogP contribution in [0.15, 0.2) is 36.5 Å². The molecule has 20 heavy (non-hydrogen) atoms. The van der Waals surface area contributed by atoms with Crippen LogP contribution < -0.4 is 0 Å². The van der Waals surface area contributed by atoms with Gasteiger partial charge in [0.05, 0.1) is 11.6 Å². The van der Waals surface area contributed by atoms with Crippen molar-refractivity contribution in [3.8, 4) is 0 Å². The lowest BCUT2D eigenvalue weighted by molar-refractivity contribution is 0.185. The number of nitrogens with zero attached hydrogens (tertiary/aromatic N) is 2. The Morgan fingerprint density at radius 1 is 1.20 bits per heavy atom. The second-order valence-electron chi connectivity index (χ2n) is 5.24. The minimum absolute atomic E-state index is 0.183. The smallest absolute Gasteiger partial charge is 0.0953 e. The first-order valence-electron chi connectivity index (χ1n) is 7.00. The molecule has 0 amide bonds. The van der Waals surface area contributed by atoms with Crippen LogP contribution in [-0.4, -0.2) is 28.1 Å². The molecule has 0 atom stereocenters. The molecule has 1 aromatic heterocycles. The van der Waals surface area contributed by atoms with Gasteiger partial charge in [0.2, 0.25) is 0 Å². The van der Waals surface area contributed by atoms with Crippen LogP contribution in [0.2, 0.25) is 0 Å². The van der Waals surface area contributed by atoms with E-state index in [0.29, 0.717) is 12.5 Å². The second kappa shape index (κ2) is 7.53. The summed E-state index contributed by atoms with van der Waals surface area (Å²) >= 11 is 1.77. The number of hydrogen-bond donors (Lipinski definition) is 1. The zero-order valence-corrected chi connectivity index (χ0v) is 12.9. The highest BCUT2D eigenvalue weighted by molar-refractivity contribution is 7.11. The predicted molar refractivity (Wildman–Crippen MR) is 83.8 cm³/mol. The molecule has 0 aliphatic rings. The van der Waals surface area contributed by atoms with Gasteiger partial charge in [0.1, 0.15) is 0 Å². The molecule has 2 rings (SSSR count). The van der Waals surface area contributed by atoms with Crippen LogP contribution in [0.4, 0.5) is 0 Å². The van der Waals surface area contributed by atoms with Gasteiger partial charge in [0.15, 0.2) is 0 Å². The number of aromatic nitrogens is 1. The molecule has 1 heterocycles. The molecule has 3 nitrogen and oxygen atoms in total. The van der Waals surface area contributed by atoms with E-state index in [1.165, 1.54) is 15.4 Å². The molecule has 0 aliphatic carbocycles.